The van der Waals surface area contributed by atoms with Gasteiger partial charge >= 0.3 is 0 Å². The number of piperidine rings is 1. The van der Waals surface area contributed by atoms with Gasteiger partial charge in [0.25, 0.3) is 5.91 Å². The Balaban J connectivity index is 1.50. The highest BCUT2D eigenvalue weighted by Crippen LogP contribution is 2.29. The van der Waals surface area contributed by atoms with Crippen LogP contribution in [0, 0.1) is 13.8 Å². The minimum Gasteiger partial charge on any atom is -0.371 e. The summed E-state index contributed by atoms with van der Waals surface area (Å²) in [5, 5.41) is 7.46. The number of carbonyl (C=O) groups is 1. The summed E-state index contributed by atoms with van der Waals surface area (Å²) in [5.74, 6) is -0.221. The number of carbonyl (C=O) groups excluding carboxylic acids is 1. The van der Waals surface area contributed by atoms with Crippen LogP contribution >= 0.6 is 0 Å². The molecule has 0 spiro atoms. The van der Waals surface area contributed by atoms with Gasteiger partial charge in [-0.15, -0.1) is 0 Å². The predicted molar refractivity (Wildman–Crippen MR) is 129 cm³/mol. The van der Waals surface area contributed by atoms with Crippen molar-refractivity contribution < 1.29 is 13.2 Å². The second-order valence-electron chi connectivity index (χ2n) is 9.10. The molecule has 180 valence electrons. The summed E-state index contributed by atoms with van der Waals surface area (Å²) in [7, 11) is -3.60. The van der Waals surface area contributed by atoms with Crippen molar-refractivity contribution in [2.45, 2.75) is 63.8 Å². The minimum absolute atomic E-state index is 0.208. The Labute approximate surface area is 197 Å². The molecule has 1 aromatic heterocycles. The van der Waals surface area contributed by atoms with Gasteiger partial charge in [-0.25, -0.2) is 8.42 Å². The van der Waals surface area contributed by atoms with Gasteiger partial charge in [0, 0.05) is 50.6 Å². The third-order valence-electron chi connectivity index (χ3n) is 6.55. The van der Waals surface area contributed by atoms with Gasteiger partial charge in [-0.1, -0.05) is 6.42 Å². The standard InChI is InChI=1S/C24H35N5O3S/c1-19-17-20(2)29(26-19)16-8-11-25-24(30)22-18-21(9-10-23(22)27-12-6-7-13-27)33(31,32)28-14-4-3-5-15-28/h9-10,17-18H,3-8,11-16H2,1-2H3,(H,25,30). The number of benzene rings is 1. The van der Waals surface area contributed by atoms with E-state index in [1.807, 2.05) is 30.7 Å². The number of nitrogens with one attached hydrogen (secondary N) is 1. The molecule has 9 heteroatoms. The minimum atomic E-state index is -3.60. The third kappa shape index (κ3) is 5.41. The molecule has 0 atom stereocenters. The summed E-state index contributed by atoms with van der Waals surface area (Å²) in [5.41, 5.74) is 3.35. The Kier molecular flexibility index (Phi) is 7.38. The van der Waals surface area contributed by atoms with Gasteiger partial charge < -0.3 is 10.2 Å². The maximum atomic E-state index is 13.2. The molecule has 8 nitrogen and oxygen atoms in total. The van der Waals surface area contributed by atoms with Crippen molar-refractivity contribution in [1.82, 2.24) is 19.4 Å². The topological polar surface area (TPSA) is 87.5 Å². The molecule has 0 saturated carbocycles. The van der Waals surface area contributed by atoms with E-state index in [4.69, 9.17) is 0 Å². The Hall–Kier alpha value is -2.39. The first-order valence-corrected chi connectivity index (χ1v) is 13.5. The average molecular weight is 474 g/mol. The van der Waals surface area contributed by atoms with Gasteiger partial charge in [-0.3, -0.25) is 9.48 Å². The van der Waals surface area contributed by atoms with Crippen molar-refractivity contribution in [1.29, 1.82) is 0 Å². The lowest BCUT2D eigenvalue weighted by Gasteiger charge is -2.27. The molecule has 2 saturated heterocycles. The van der Waals surface area contributed by atoms with E-state index in [2.05, 4.69) is 15.3 Å². The van der Waals surface area contributed by atoms with Gasteiger partial charge in [0.05, 0.1) is 16.2 Å². The molecule has 2 aliphatic rings. The van der Waals surface area contributed by atoms with Crippen molar-refractivity contribution in [2.24, 2.45) is 0 Å². The second kappa shape index (κ2) is 10.3. The molecule has 0 unspecified atom stereocenters. The van der Waals surface area contributed by atoms with Crippen molar-refractivity contribution in [3.63, 3.8) is 0 Å². The number of aromatic nitrogens is 2. The van der Waals surface area contributed by atoms with Gasteiger partial charge in [0.15, 0.2) is 0 Å². The largest absolute Gasteiger partial charge is 0.371 e. The van der Waals surface area contributed by atoms with Crippen molar-refractivity contribution in [3.05, 3.63) is 41.2 Å². The molecule has 4 rings (SSSR count). The maximum absolute atomic E-state index is 13.2. The number of hydrogen-bond acceptors (Lipinski definition) is 5. The highest BCUT2D eigenvalue weighted by Gasteiger charge is 2.28. The molecule has 3 heterocycles. The van der Waals surface area contributed by atoms with Gasteiger partial charge in [0.1, 0.15) is 0 Å². The van der Waals surface area contributed by atoms with Gasteiger partial charge in [0.2, 0.25) is 10.0 Å². The quantitative estimate of drug-likeness (QED) is 0.596. The zero-order valence-corrected chi connectivity index (χ0v) is 20.5. The lowest BCUT2D eigenvalue weighted by atomic mass is 10.1. The van der Waals surface area contributed by atoms with Crippen LogP contribution in [-0.4, -0.2) is 61.1 Å². The van der Waals surface area contributed by atoms with E-state index in [0.717, 1.165) is 75.2 Å². The number of aryl methyl sites for hydroxylation is 3. The Bertz CT molecular complexity index is 1080. The summed E-state index contributed by atoms with van der Waals surface area (Å²) >= 11 is 0. The summed E-state index contributed by atoms with van der Waals surface area (Å²) in [6.07, 6.45) is 5.74. The van der Waals surface area contributed by atoms with Crippen molar-refractivity contribution in [2.75, 3.05) is 37.6 Å². The maximum Gasteiger partial charge on any atom is 0.253 e. The SMILES string of the molecule is Cc1cc(C)n(CCCNC(=O)c2cc(S(=O)(=O)N3CCCCC3)ccc2N2CCCC2)n1. The van der Waals surface area contributed by atoms with Crippen LogP contribution in [0.1, 0.15) is 60.3 Å². The lowest BCUT2D eigenvalue weighted by Crippen LogP contribution is -2.36. The van der Waals surface area contributed by atoms with E-state index in [0.29, 0.717) is 25.2 Å². The van der Waals surface area contributed by atoms with E-state index in [9.17, 15) is 13.2 Å². The van der Waals surface area contributed by atoms with E-state index in [1.165, 1.54) is 0 Å². The fourth-order valence-electron chi connectivity index (χ4n) is 4.77. The average Bonchev–Trinajstić information content (AvgIpc) is 3.46. The lowest BCUT2D eigenvalue weighted by molar-refractivity contribution is 0.0953. The monoisotopic (exact) mass is 473 g/mol. The molecule has 1 amide bonds. The van der Waals surface area contributed by atoms with Crippen LogP contribution in [-0.2, 0) is 16.6 Å². The Morgan fingerprint density at radius 2 is 1.70 bits per heavy atom. The molecular formula is C24H35N5O3S. The molecule has 1 aromatic carbocycles. The zero-order valence-electron chi connectivity index (χ0n) is 19.7. The van der Waals surface area contributed by atoms with Crippen molar-refractivity contribution in [3.8, 4) is 0 Å². The number of nitrogens with zero attached hydrogens (tertiary/aromatic N) is 4. The normalized spacial score (nSPS) is 17.5. The summed E-state index contributed by atoms with van der Waals surface area (Å²) in [6.45, 7) is 8.08. The number of amides is 1. The van der Waals surface area contributed by atoms with Crippen LogP contribution in [0.25, 0.3) is 0 Å². The highest BCUT2D eigenvalue weighted by molar-refractivity contribution is 7.89. The third-order valence-corrected chi connectivity index (χ3v) is 8.44. The molecular weight excluding hydrogens is 438 g/mol. The fraction of sp³-hybridized carbons (Fsp3) is 0.583. The van der Waals surface area contributed by atoms with Crippen LogP contribution in [0.15, 0.2) is 29.2 Å². The van der Waals surface area contributed by atoms with Crippen LogP contribution in [0.3, 0.4) is 0 Å². The molecule has 2 aliphatic heterocycles. The second-order valence-corrected chi connectivity index (χ2v) is 11.0. The van der Waals surface area contributed by atoms with E-state index in [1.54, 1.807) is 16.4 Å². The summed E-state index contributed by atoms with van der Waals surface area (Å²) < 4.78 is 29.9. The highest BCUT2D eigenvalue weighted by atomic mass is 32.2. The molecule has 2 aromatic rings. The van der Waals surface area contributed by atoms with Gasteiger partial charge in [-0.2, -0.15) is 9.40 Å². The van der Waals surface area contributed by atoms with Gasteiger partial charge in [-0.05, 0) is 70.2 Å². The van der Waals surface area contributed by atoms with E-state index < -0.39 is 10.0 Å². The number of hydrogen-bond donors (Lipinski definition) is 1. The molecule has 2 fully saturated rings. The van der Waals surface area contributed by atoms with Crippen LogP contribution < -0.4 is 10.2 Å². The van der Waals surface area contributed by atoms with Crippen LogP contribution in [0.2, 0.25) is 0 Å². The van der Waals surface area contributed by atoms with E-state index in [-0.39, 0.29) is 10.8 Å². The number of rotatable bonds is 8. The first kappa shape index (κ1) is 23.8. The Morgan fingerprint density at radius 1 is 1.00 bits per heavy atom. The summed E-state index contributed by atoms with van der Waals surface area (Å²) in [6, 6.07) is 7.09. The molecule has 0 bridgehead atoms. The molecule has 1 N–H and O–H groups in total. The zero-order chi connectivity index (χ0) is 23.4. The number of sulfonamides is 1. The number of anilines is 1. The molecule has 0 aliphatic carbocycles. The van der Waals surface area contributed by atoms with E-state index >= 15 is 0 Å². The predicted octanol–water partition coefficient (Wildman–Crippen LogP) is 3.09. The molecule has 0 radical (unpaired) electrons. The van der Waals surface area contributed by atoms with Crippen LogP contribution in [0.5, 0.6) is 0 Å². The first-order chi connectivity index (χ1) is 15.9. The Morgan fingerprint density at radius 3 is 2.36 bits per heavy atom. The smallest absolute Gasteiger partial charge is 0.253 e. The van der Waals surface area contributed by atoms with Crippen molar-refractivity contribution >= 4 is 21.6 Å². The first-order valence-electron chi connectivity index (χ1n) is 12.0. The summed E-state index contributed by atoms with van der Waals surface area (Å²) in [4.78, 5) is 15.6. The van der Waals surface area contributed by atoms with Crippen LogP contribution in [0.4, 0.5) is 5.69 Å². The molecule has 33 heavy (non-hydrogen) atoms. The fourth-order valence-corrected chi connectivity index (χ4v) is 6.32.